The summed E-state index contributed by atoms with van der Waals surface area (Å²) < 4.78 is 6.52. The lowest BCUT2D eigenvalue weighted by Gasteiger charge is -2.14. The Hall–Kier alpha value is -3.55. The first kappa shape index (κ1) is 23.1. The van der Waals surface area contributed by atoms with E-state index in [4.69, 9.17) is 4.74 Å². The van der Waals surface area contributed by atoms with E-state index >= 15 is 0 Å². The summed E-state index contributed by atoms with van der Waals surface area (Å²) in [5.41, 5.74) is -0.736. The molecule has 0 spiro atoms. The number of aromatic nitrogens is 4. The lowest BCUT2D eigenvalue weighted by molar-refractivity contribution is -0.121. The second-order valence-electron chi connectivity index (χ2n) is 7.09. The molecule has 1 fully saturated rings. The van der Waals surface area contributed by atoms with Crippen molar-refractivity contribution >= 4 is 17.9 Å². The predicted molar refractivity (Wildman–Crippen MR) is 110 cm³/mol. The van der Waals surface area contributed by atoms with E-state index in [9.17, 15) is 29.4 Å². The van der Waals surface area contributed by atoms with Gasteiger partial charge in [-0.1, -0.05) is 0 Å². The predicted octanol–water partition coefficient (Wildman–Crippen LogP) is -2.61. The summed E-state index contributed by atoms with van der Waals surface area (Å²) in [7, 11) is 0. The lowest BCUT2D eigenvalue weighted by Crippen LogP contribution is -2.35. The van der Waals surface area contributed by atoms with Gasteiger partial charge in [-0.2, -0.15) is 0 Å². The van der Waals surface area contributed by atoms with Crippen LogP contribution in [0.2, 0.25) is 0 Å². The molecule has 2 aromatic rings. The van der Waals surface area contributed by atoms with E-state index < -0.39 is 42.2 Å². The third kappa shape index (κ3) is 6.00. The minimum Gasteiger partial charge on any atom is -0.394 e. The van der Waals surface area contributed by atoms with Crippen LogP contribution in [0.4, 0.5) is 0 Å². The van der Waals surface area contributed by atoms with Gasteiger partial charge in [0.15, 0.2) is 0 Å². The van der Waals surface area contributed by atoms with E-state index in [0.717, 1.165) is 10.6 Å². The Labute approximate surface area is 181 Å². The Morgan fingerprint density at radius 3 is 2.78 bits per heavy atom. The van der Waals surface area contributed by atoms with Crippen molar-refractivity contribution in [2.45, 2.75) is 31.3 Å². The van der Waals surface area contributed by atoms with Gasteiger partial charge < -0.3 is 30.6 Å². The molecule has 0 bridgehead atoms. The molecule has 1 saturated heterocycles. The topological polar surface area (TPSA) is 191 Å². The number of aromatic amines is 2. The van der Waals surface area contributed by atoms with E-state index in [1.165, 1.54) is 18.6 Å². The first-order chi connectivity index (χ1) is 15.4. The fourth-order valence-electron chi connectivity index (χ4n) is 3.11. The highest BCUT2D eigenvalue weighted by Gasteiger charge is 2.35. The molecule has 0 saturated carbocycles. The van der Waals surface area contributed by atoms with Gasteiger partial charge in [0.2, 0.25) is 11.8 Å². The van der Waals surface area contributed by atoms with Gasteiger partial charge in [0.1, 0.15) is 12.3 Å². The smallest absolute Gasteiger partial charge is 0.330 e. The SMILES string of the molecule is O=C(/C=C/c1cn([C@H]2C[C@@H](O)[C@@H](CO)O2)c(=O)[nH]c1=O)NCCNC(=O)Cc1cnc[nH]1. The van der Waals surface area contributed by atoms with Crippen LogP contribution in [0.25, 0.3) is 6.08 Å². The van der Waals surface area contributed by atoms with Crippen molar-refractivity contribution in [2.24, 2.45) is 0 Å². The quantitative estimate of drug-likeness (QED) is 0.177. The zero-order chi connectivity index (χ0) is 23.1. The van der Waals surface area contributed by atoms with Crippen molar-refractivity contribution in [1.29, 1.82) is 0 Å². The van der Waals surface area contributed by atoms with Crippen LogP contribution in [-0.4, -0.2) is 73.5 Å². The number of amides is 2. The monoisotopic (exact) mass is 448 g/mol. The summed E-state index contributed by atoms with van der Waals surface area (Å²) in [5, 5.41) is 24.2. The lowest BCUT2D eigenvalue weighted by atomic mass is 10.2. The van der Waals surface area contributed by atoms with Gasteiger partial charge in [0.25, 0.3) is 5.56 Å². The summed E-state index contributed by atoms with van der Waals surface area (Å²) in [6, 6.07) is 0. The standard InChI is InChI=1S/C19H24N6O7/c26-9-14-13(27)6-17(32-14)25-8-11(18(30)24-19(25)31)1-2-15(28)21-3-4-22-16(29)5-12-7-20-10-23-12/h1-2,7-8,10,13-14,17,26-27H,3-6,9H2,(H,20,23)(H,21,28)(H,22,29)(H,24,30,31)/b2-1+/t13-,14-,17-/m1/s1. The largest absolute Gasteiger partial charge is 0.394 e. The van der Waals surface area contributed by atoms with Gasteiger partial charge in [-0.3, -0.25) is 23.9 Å². The van der Waals surface area contributed by atoms with Crippen molar-refractivity contribution in [3.05, 3.63) is 56.9 Å². The van der Waals surface area contributed by atoms with Gasteiger partial charge in [0.05, 0.1) is 31.0 Å². The molecule has 172 valence electrons. The molecule has 0 radical (unpaired) electrons. The maximum absolute atomic E-state index is 12.1. The Morgan fingerprint density at radius 1 is 1.31 bits per heavy atom. The van der Waals surface area contributed by atoms with Crippen molar-refractivity contribution in [3.63, 3.8) is 0 Å². The van der Waals surface area contributed by atoms with Crippen LogP contribution in [0.1, 0.15) is 23.9 Å². The number of nitrogens with one attached hydrogen (secondary N) is 4. The Kier molecular flexibility index (Phi) is 7.70. The molecule has 3 heterocycles. The fraction of sp³-hybridized carbons (Fsp3) is 0.421. The summed E-state index contributed by atoms with van der Waals surface area (Å²) >= 11 is 0. The molecule has 13 nitrogen and oxygen atoms in total. The van der Waals surface area contributed by atoms with Crippen molar-refractivity contribution in [2.75, 3.05) is 19.7 Å². The van der Waals surface area contributed by atoms with Crippen LogP contribution in [-0.2, 0) is 20.7 Å². The van der Waals surface area contributed by atoms with Crippen molar-refractivity contribution in [1.82, 2.24) is 30.2 Å². The summed E-state index contributed by atoms with van der Waals surface area (Å²) in [5.74, 6) is -0.728. The van der Waals surface area contributed by atoms with E-state index in [2.05, 4.69) is 25.6 Å². The number of H-pyrrole nitrogens is 2. The highest BCUT2D eigenvalue weighted by atomic mass is 16.5. The molecule has 1 aliphatic rings. The molecular weight excluding hydrogens is 424 g/mol. The molecule has 32 heavy (non-hydrogen) atoms. The molecule has 0 aromatic carbocycles. The maximum atomic E-state index is 12.1. The van der Waals surface area contributed by atoms with Crippen LogP contribution in [0, 0.1) is 0 Å². The highest BCUT2D eigenvalue weighted by Crippen LogP contribution is 2.27. The number of ether oxygens (including phenoxy) is 1. The maximum Gasteiger partial charge on any atom is 0.330 e. The Balaban J connectivity index is 1.52. The molecule has 6 N–H and O–H groups in total. The van der Waals surface area contributed by atoms with Crippen LogP contribution < -0.4 is 21.9 Å². The minimum atomic E-state index is -0.950. The number of aliphatic hydroxyl groups excluding tert-OH is 2. The number of aliphatic hydroxyl groups is 2. The number of hydrogen-bond acceptors (Lipinski definition) is 8. The summed E-state index contributed by atoms with van der Waals surface area (Å²) in [4.78, 5) is 56.6. The molecule has 0 unspecified atom stereocenters. The Morgan fingerprint density at radius 2 is 2.09 bits per heavy atom. The zero-order valence-corrected chi connectivity index (χ0v) is 17.0. The molecule has 0 aliphatic carbocycles. The van der Waals surface area contributed by atoms with Gasteiger partial charge in [-0.15, -0.1) is 0 Å². The number of carbonyl (C=O) groups is 2. The number of carbonyl (C=O) groups excluding carboxylic acids is 2. The van der Waals surface area contributed by atoms with Gasteiger partial charge >= 0.3 is 5.69 Å². The van der Waals surface area contributed by atoms with E-state index in [1.807, 2.05) is 0 Å². The molecule has 3 rings (SSSR count). The summed E-state index contributed by atoms with van der Waals surface area (Å²) in [6.07, 6.45) is 4.15. The van der Waals surface area contributed by atoms with Crippen molar-refractivity contribution in [3.8, 4) is 0 Å². The summed E-state index contributed by atoms with van der Waals surface area (Å²) in [6.45, 7) is -0.0260. The van der Waals surface area contributed by atoms with Crippen LogP contribution in [0.5, 0.6) is 0 Å². The van der Waals surface area contributed by atoms with Crippen LogP contribution in [0.3, 0.4) is 0 Å². The van der Waals surface area contributed by atoms with Gasteiger partial charge in [-0.05, 0) is 6.08 Å². The van der Waals surface area contributed by atoms with Crippen LogP contribution in [0.15, 0.2) is 34.4 Å². The molecule has 2 aromatic heterocycles. The number of imidazole rings is 1. The first-order valence-electron chi connectivity index (χ1n) is 9.87. The zero-order valence-electron chi connectivity index (χ0n) is 17.0. The molecule has 3 atom stereocenters. The van der Waals surface area contributed by atoms with Crippen LogP contribution >= 0.6 is 0 Å². The third-order valence-corrected chi connectivity index (χ3v) is 4.76. The second kappa shape index (κ2) is 10.7. The number of hydrogen-bond donors (Lipinski definition) is 6. The fourth-order valence-corrected chi connectivity index (χ4v) is 3.11. The van der Waals surface area contributed by atoms with Crippen molar-refractivity contribution < 1.29 is 24.5 Å². The highest BCUT2D eigenvalue weighted by molar-refractivity contribution is 5.91. The van der Waals surface area contributed by atoms with Gasteiger partial charge in [-0.25, -0.2) is 9.78 Å². The molecule has 1 aliphatic heterocycles. The molecule has 13 heteroatoms. The van der Waals surface area contributed by atoms with E-state index in [0.29, 0.717) is 5.69 Å². The second-order valence-corrected chi connectivity index (χ2v) is 7.09. The first-order valence-corrected chi connectivity index (χ1v) is 9.87. The Bertz CT molecular complexity index is 1070. The molecule has 2 amide bonds. The average molecular weight is 448 g/mol. The normalized spacial score (nSPS) is 20.5. The molecular formula is C19H24N6O7. The van der Waals surface area contributed by atoms with E-state index in [-0.39, 0.29) is 37.4 Å². The van der Waals surface area contributed by atoms with E-state index in [1.54, 1.807) is 6.20 Å². The number of nitrogens with zero attached hydrogens (tertiary/aromatic N) is 2. The minimum absolute atomic E-state index is 0.0261. The number of rotatable bonds is 9. The van der Waals surface area contributed by atoms with Gasteiger partial charge in [0, 0.05) is 43.7 Å². The third-order valence-electron chi connectivity index (χ3n) is 4.76. The average Bonchev–Trinajstić information content (AvgIpc) is 3.39.